The maximum absolute atomic E-state index is 14.0. The maximum atomic E-state index is 14.0. The van der Waals surface area contributed by atoms with Crippen LogP contribution in [-0.2, 0) is 22.6 Å². The lowest BCUT2D eigenvalue weighted by molar-refractivity contribution is -0.148. The third-order valence-corrected chi connectivity index (χ3v) is 9.14. The Morgan fingerprint density at radius 1 is 1.02 bits per heavy atom. The summed E-state index contributed by atoms with van der Waals surface area (Å²) in [5, 5.41) is 14.2. The number of aliphatic hydroxyl groups is 1. The molecule has 42 heavy (non-hydrogen) atoms. The molecular weight excluding hydrogens is 546 g/mol. The van der Waals surface area contributed by atoms with E-state index in [9.17, 15) is 19.5 Å². The van der Waals surface area contributed by atoms with Crippen molar-refractivity contribution in [1.29, 1.82) is 0 Å². The molecule has 0 saturated carbocycles. The predicted octanol–water partition coefficient (Wildman–Crippen LogP) is 4.78. The minimum Gasteiger partial charge on any atom is -0.381 e. The highest BCUT2D eigenvalue weighted by atomic mass is 32.2. The monoisotopic (exact) mass is 585 g/mol. The van der Waals surface area contributed by atoms with Crippen LogP contribution in [0.4, 0.5) is 0 Å². The van der Waals surface area contributed by atoms with Crippen molar-refractivity contribution in [2.45, 2.75) is 64.2 Å². The number of hydrogen-bond acceptors (Lipinski definition) is 5. The zero-order valence-corrected chi connectivity index (χ0v) is 25.4. The molecule has 3 aromatic rings. The summed E-state index contributed by atoms with van der Waals surface area (Å²) in [5.74, 6) is -1.07. The van der Waals surface area contributed by atoms with Gasteiger partial charge in [-0.1, -0.05) is 72.8 Å². The Morgan fingerprint density at radius 3 is 2.38 bits per heavy atom. The van der Waals surface area contributed by atoms with Crippen LogP contribution in [0.2, 0.25) is 0 Å². The second-order valence-corrected chi connectivity index (χ2v) is 12.0. The Labute approximate surface area is 252 Å². The number of aliphatic hydroxyl groups excluding tert-OH is 1. The highest BCUT2D eigenvalue weighted by Gasteiger charge is 2.41. The first kappa shape index (κ1) is 31.1. The zero-order chi connectivity index (χ0) is 30.4. The van der Waals surface area contributed by atoms with E-state index in [-0.39, 0.29) is 29.5 Å². The summed E-state index contributed by atoms with van der Waals surface area (Å²) in [6, 6.07) is 20.9. The third kappa shape index (κ3) is 6.94. The lowest BCUT2D eigenvalue weighted by Crippen LogP contribution is -2.56. The van der Waals surface area contributed by atoms with Gasteiger partial charge < -0.3 is 20.2 Å². The molecule has 1 aliphatic heterocycles. The van der Waals surface area contributed by atoms with Crippen LogP contribution < -0.4 is 5.32 Å². The van der Waals surface area contributed by atoms with E-state index in [2.05, 4.69) is 11.9 Å². The largest absolute Gasteiger partial charge is 0.381 e. The SMILES string of the molecule is C=C[C@H]1C(=O)N(Cc2ccccc2C)C(C)SCN1C(=O)[C@@H](O)C(Cc1ccccc1)NC(=O)c1cccc(C)c1C. The van der Waals surface area contributed by atoms with E-state index in [1.165, 1.54) is 22.7 Å². The van der Waals surface area contributed by atoms with Crippen molar-refractivity contribution in [2.75, 3.05) is 5.88 Å². The van der Waals surface area contributed by atoms with Gasteiger partial charge in [-0.25, -0.2) is 0 Å². The zero-order valence-electron chi connectivity index (χ0n) is 24.6. The van der Waals surface area contributed by atoms with Crippen LogP contribution in [0.1, 0.15) is 45.1 Å². The number of hydrogen-bond donors (Lipinski definition) is 2. The van der Waals surface area contributed by atoms with E-state index < -0.39 is 24.1 Å². The molecule has 0 radical (unpaired) electrons. The molecule has 2 unspecified atom stereocenters. The van der Waals surface area contributed by atoms with Gasteiger partial charge in [-0.05, 0) is 68.0 Å². The van der Waals surface area contributed by atoms with E-state index in [4.69, 9.17) is 0 Å². The first-order valence-corrected chi connectivity index (χ1v) is 15.2. The van der Waals surface area contributed by atoms with Gasteiger partial charge in [-0.3, -0.25) is 14.4 Å². The van der Waals surface area contributed by atoms with Crippen molar-refractivity contribution in [3.05, 3.63) is 119 Å². The fourth-order valence-electron chi connectivity index (χ4n) is 5.14. The van der Waals surface area contributed by atoms with E-state index >= 15 is 0 Å². The van der Waals surface area contributed by atoms with E-state index in [1.807, 2.05) is 94.4 Å². The molecule has 220 valence electrons. The van der Waals surface area contributed by atoms with Crippen LogP contribution in [0, 0.1) is 20.8 Å². The summed E-state index contributed by atoms with van der Waals surface area (Å²) in [6.07, 6.45) is 0.0962. The molecule has 2 N–H and O–H groups in total. The number of thioether (sulfide) groups is 1. The van der Waals surface area contributed by atoms with Gasteiger partial charge in [-0.15, -0.1) is 18.3 Å². The summed E-state index contributed by atoms with van der Waals surface area (Å²) in [5.41, 5.74) is 5.25. The van der Waals surface area contributed by atoms with Crippen molar-refractivity contribution >= 4 is 29.5 Å². The van der Waals surface area contributed by atoms with Crippen LogP contribution >= 0.6 is 11.8 Å². The molecule has 1 aliphatic rings. The van der Waals surface area contributed by atoms with Crippen molar-refractivity contribution in [2.24, 2.45) is 0 Å². The molecule has 8 heteroatoms. The summed E-state index contributed by atoms with van der Waals surface area (Å²) in [7, 11) is 0. The fraction of sp³-hybridized carbons (Fsp3) is 0.324. The van der Waals surface area contributed by atoms with Crippen LogP contribution in [0.3, 0.4) is 0 Å². The number of carbonyl (C=O) groups excluding carboxylic acids is 3. The Hall–Kier alpha value is -3.88. The first-order chi connectivity index (χ1) is 20.1. The third-order valence-electron chi connectivity index (χ3n) is 7.97. The van der Waals surface area contributed by atoms with Gasteiger partial charge in [-0.2, -0.15) is 0 Å². The molecule has 4 rings (SSSR count). The molecule has 0 spiro atoms. The van der Waals surface area contributed by atoms with Crippen molar-refractivity contribution < 1.29 is 19.5 Å². The van der Waals surface area contributed by atoms with E-state index in [1.54, 1.807) is 11.0 Å². The second kappa shape index (κ2) is 13.9. The lowest BCUT2D eigenvalue weighted by atomic mass is 9.98. The average Bonchev–Trinajstić information content (AvgIpc) is 3.10. The van der Waals surface area contributed by atoms with Crippen molar-refractivity contribution in [3.8, 4) is 0 Å². The number of nitrogens with zero attached hydrogens (tertiary/aromatic N) is 2. The summed E-state index contributed by atoms with van der Waals surface area (Å²) >= 11 is 1.44. The summed E-state index contributed by atoms with van der Waals surface area (Å²) in [6.45, 7) is 12.0. The molecule has 1 fully saturated rings. The number of nitrogens with one attached hydrogen (secondary N) is 1. The molecule has 4 atom stereocenters. The van der Waals surface area contributed by atoms with Crippen LogP contribution in [0.25, 0.3) is 0 Å². The molecule has 0 aliphatic carbocycles. The molecule has 3 amide bonds. The van der Waals surface area contributed by atoms with Crippen LogP contribution in [0.5, 0.6) is 0 Å². The van der Waals surface area contributed by atoms with Gasteiger partial charge in [0.25, 0.3) is 17.7 Å². The average molecular weight is 586 g/mol. The summed E-state index contributed by atoms with van der Waals surface area (Å²) in [4.78, 5) is 44.3. The topological polar surface area (TPSA) is 90.0 Å². The second-order valence-electron chi connectivity index (χ2n) is 10.7. The molecule has 7 nitrogen and oxygen atoms in total. The Morgan fingerprint density at radius 2 is 1.69 bits per heavy atom. The van der Waals surface area contributed by atoms with Crippen LogP contribution in [-0.4, -0.2) is 62.1 Å². The normalized spacial score (nSPS) is 18.6. The minimum atomic E-state index is -1.59. The molecule has 1 heterocycles. The van der Waals surface area contributed by atoms with Crippen LogP contribution in [0.15, 0.2) is 85.5 Å². The van der Waals surface area contributed by atoms with Crippen molar-refractivity contribution in [3.63, 3.8) is 0 Å². The molecule has 0 aromatic heterocycles. The predicted molar refractivity (Wildman–Crippen MR) is 168 cm³/mol. The molecule has 0 bridgehead atoms. The molecular formula is C34H39N3O4S. The Bertz CT molecular complexity index is 1440. The number of amides is 3. The van der Waals surface area contributed by atoms with E-state index in [0.29, 0.717) is 12.1 Å². The number of benzene rings is 3. The highest BCUT2D eigenvalue weighted by molar-refractivity contribution is 7.99. The lowest BCUT2D eigenvalue weighted by Gasteiger charge is -2.33. The van der Waals surface area contributed by atoms with Gasteiger partial charge >= 0.3 is 0 Å². The fourth-order valence-corrected chi connectivity index (χ4v) is 6.16. The Balaban J connectivity index is 1.60. The smallest absolute Gasteiger partial charge is 0.255 e. The van der Waals surface area contributed by atoms with Gasteiger partial charge in [0, 0.05) is 12.1 Å². The van der Waals surface area contributed by atoms with Crippen molar-refractivity contribution in [1.82, 2.24) is 15.1 Å². The van der Waals surface area contributed by atoms with Gasteiger partial charge in [0.15, 0.2) is 6.10 Å². The number of aryl methyl sites for hydroxylation is 2. The maximum Gasteiger partial charge on any atom is 0.255 e. The molecule has 3 aromatic carbocycles. The Kier molecular flexibility index (Phi) is 10.2. The standard InChI is InChI=1S/C34H39N3O4S/c1-6-30-33(40)36(20-27-17-11-10-13-23(27)3)25(5)42-21-37(30)34(41)31(38)29(19-26-15-8-7-9-16-26)35-32(39)28-18-12-14-22(2)24(28)4/h6-18,25,29-31,38H,1,19-21H2,2-5H3,(H,35,39)/t25?,29?,30-,31-/m0/s1. The quantitative estimate of drug-likeness (QED) is 0.353. The van der Waals surface area contributed by atoms with Gasteiger partial charge in [0.2, 0.25) is 0 Å². The van der Waals surface area contributed by atoms with Gasteiger partial charge in [0.05, 0.1) is 17.3 Å². The highest BCUT2D eigenvalue weighted by Crippen LogP contribution is 2.28. The number of carbonyl (C=O) groups is 3. The number of rotatable bonds is 9. The summed E-state index contributed by atoms with van der Waals surface area (Å²) < 4.78 is 0. The first-order valence-electron chi connectivity index (χ1n) is 14.1. The van der Waals surface area contributed by atoms with E-state index in [0.717, 1.165) is 27.8 Å². The molecule has 1 saturated heterocycles. The minimum absolute atomic E-state index is 0.187. The van der Waals surface area contributed by atoms with Gasteiger partial charge in [0.1, 0.15) is 6.04 Å².